The molecule has 1 N–H and O–H groups in total. The van der Waals surface area contributed by atoms with Crippen LogP contribution in [0.15, 0.2) is 12.1 Å². The van der Waals surface area contributed by atoms with Gasteiger partial charge < -0.3 is 10.0 Å². The van der Waals surface area contributed by atoms with Gasteiger partial charge in [-0.1, -0.05) is 11.6 Å². The lowest BCUT2D eigenvalue weighted by Gasteiger charge is -2.39. The molecule has 2 fully saturated rings. The van der Waals surface area contributed by atoms with Crippen molar-refractivity contribution in [3.05, 3.63) is 32.8 Å². The second-order valence-electron chi connectivity index (χ2n) is 5.72. The molecule has 0 aromatic heterocycles. The summed E-state index contributed by atoms with van der Waals surface area (Å²) in [5, 5.41) is 21.3. The van der Waals surface area contributed by atoms with Crippen LogP contribution < -0.4 is 4.90 Å². The minimum atomic E-state index is -0.403. The highest BCUT2D eigenvalue weighted by Gasteiger charge is 2.41. The number of rotatable bonds is 2. The van der Waals surface area contributed by atoms with Crippen LogP contribution in [-0.4, -0.2) is 28.2 Å². The van der Waals surface area contributed by atoms with E-state index in [0.717, 1.165) is 31.4 Å². The summed E-state index contributed by atoms with van der Waals surface area (Å²) in [7, 11) is 0. The van der Waals surface area contributed by atoms with Crippen LogP contribution in [0.2, 0.25) is 5.02 Å². The number of nitro groups is 1. The Morgan fingerprint density at radius 2 is 1.95 bits per heavy atom. The summed E-state index contributed by atoms with van der Waals surface area (Å²) in [5.41, 5.74) is 1.44. The second-order valence-corrected chi connectivity index (χ2v) is 6.10. The third kappa shape index (κ3) is 2.05. The van der Waals surface area contributed by atoms with Crippen LogP contribution in [0.25, 0.3) is 0 Å². The van der Waals surface area contributed by atoms with Crippen molar-refractivity contribution in [1.29, 1.82) is 0 Å². The largest absolute Gasteiger partial charge is 0.393 e. The molecular weight excluding hydrogens is 280 g/mol. The van der Waals surface area contributed by atoms with Crippen LogP contribution in [0.5, 0.6) is 0 Å². The van der Waals surface area contributed by atoms with E-state index in [9.17, 15) is 15.2 Å². The summed E-state index contributed by atoms with van der Waals surface area (Å²) in [5.74, 6) is 0. The average Bonchev–Trinajstić information content (AvgIpc) is 2.65. The maximum absolute atomic E-state index is 10.9. The Morgan fingerprint density at radius 1 is 1.35 bits per heavy atom. The molecule has 1 aromatic carbocycles. The number of aliphatic hydroxyl groups excluding tert-OH is 1. The lowest BCUT2D eigenvalue weighted by atomic mass is 9.98. The number of benzene rings is 1. The Hall–Kier alpha value is -1.33. The molecule has 2 aliphatic heterocycles. The fraction of sp³-hybridized carbons (Fsp3) is 0.571. The highest BCUT2D eigenvalue weighted by molar-refractivity contribution is 6.34. The van der Waals surface area contributed by atoms with Gasteiger partial charge in [0.2, 0.25) is 0 Å². The van der Waals surface area contributed by atoms with Crippen LogP contribution >= 0.6 is 11.6 Å². The summed E-state index contributed by atoms with van der Waals surface area (Å²) >= 11 is 6.36. The van der Waals surface area contributed by atoms with Crippen LogP contribution in [0, 0.1) is 17.0 Å². The molecule has 0 aliphatic carbocycles. The third-order valence-corrected chi connectivity index (χ3v) is 5.00. The van der Waals surface area contributed by atoms with Gasteiger partial charge in [0.15, 0.2) is 0 Å². The van der Waals surface area contributed by atoms with E-state index >= 15 is 0 Å². The fourth-order valence-electron chi connectivity index (χ4n) is 3.60. The Labute approximate surface area is 122 Å². The summed E-state index contributed by atoms with van der Waals surface area (Å²) in [6.45, 7) is 1.69. The van der Waals surface area contributed by atoms with Crippen LogP contribution in [-0.2, 0) is 0 Å². The van der Waals surface area contributed by atoms with Crippen molar-refractivity contribution in [3.63, 3.8) is 0 Å². The molecular formula is C14H17ClN2O3. The zero-order valence-corrected chi connectivity index (χ0v) is 12.0. The first-order valence-electron chi connectivity index (χ1n) is 6.89. The number of piperidine rings is 1. The van der Waals surface area contributed by atoms with E-state index in [-0.39, 0.29) is 11.8 Å². The van der Waals surface area contributed by atoms with E-state index in [4.69, 9.17) is 11.6 Å². The quantitative estimate of drug-likeness (QED) is 0.673. The maximum Gasteiger partial charge on any atom is 0.273 e. The molecule has 5 nitrogen and oxygen atoms in total. The van der Waals surface area contributed by atoms with Crippen LogP contribution in [0.1, 0.15) is 31.2 Å². The van der Waals surface area contributed by atoms with Gasteiger partial charge in [0.05, 0.1) is 21.7 Å². The number of nitro benzene ring substituents is 1. The first-order valence-corrected chi connectivity index (χ1v) is 7.26. The summed E-state index contributed by atoms with van der Waals surface area (Å²) in [6.07, 6.45) is 3.37. The molecule has 3 rings (SSSR count). The smallest absolute Gasteiger partial charge is 0.273 e. The molecule has 0 unspecified atom stereocenters. The zero-order chi connectivity index (χ0) is 14.4. The highest BCUT2D eigenvalue weighted by atomic mass is 35.5. The van der Waals surface area contributed by atoms with E-state index in [0.29, 0.717) is 22.7 Å². The molecule has 0 saturated carbocycles. The van der Waals surface area contributed by atoms with Gasteiger partial charge in [-0.3, -0.25) is 10.1 Å². The van der Waals surface area contributed by atoms with Crippen LogP contribution in [0.3, 0.4) is 0 Å². The van der Waals surface area contributed by atoms with Gasteiger partial charge in [0, 0.05) is 23.7 Å². The number of fused-ring (bicyclic) bond motifs is 2. The molecule has 0 amide bonds. The molecule has 3 atom stereocenters. The molecule has 1 aromatic rings. The predicted octanol–water partition coefficient (Wildman–Crippen LogP) is 3.05. The zero-order valence-electron chi connectivity index (χ0n) is 11.3. The second kappa shape index (κ2) is 4.90. The molecule has 2 saturated heterocycles. The fourth-order valence-corrected chi connectivity index (χ4v) is 3.86. The standard InChI is InChI=1S/C14H17ClN2O3/c1-8-12(17(19)20)4-5-13(14(8)15)16-9-2-3-10(16)7-11(18)6-9/h4-5,9-11,18H,2-3,6-7H2,1H3/t9-,10+,11+. The first-order chi connectivity index (χ1) is 9.49. The van der Waals surface area contributed by atoms with E-state index in [1.54, 1.807) is 13.0 Å². The summed E-state index contributed by atoms with van der Waals surface area (Å²) in [6, 6.07) is 3.86. The third-order valence-electron chi connectivity index (χ3n) is 4.52. The van der Waals surface area contributed by atoms with Gasteiger partial charge in [0.1, 0.15) is 0 Å². The Balaban J connectivity index is 2.00. The van der Waals surface area contributed by atoms with Crippen molar-refractivity contribution in [2.45, 2.75) is 50.8 Å². The van der Waals surface area contributed by atoms with Gasteiger partial charge in [0.25, 0.3) is 5.69 Å². The highest BCUT2D eigenvalue weighted by Crippen LogP contribution is 2.44. The number of nitrogens with zero attached hydrogens (tertiary/aromatic N) is 2. The molecule has 108 valence electrons. The molecule has 0 spiro atoms. The number of aliphatic hydroxyl groups is 1. The van der Waals surface area contributed by atoms with Crippen molar-refractivity contribution in [3.8, 4) is 0 Å². The van der Waals surface area contributed by atoms with Gasteiger partial charge in [-0.2, -0.15) is 0 Å². The SMILES string of the molecule is Cc1c([N+](=O)[O-])ccc(N2[C@@H]3CC[C@H]2C[C@@H](O)C3)c1Cl. The molecule has 2 aliphatic rings. The number of hydrogen-bond donors (Lipinski definition) is 1. The van der Waals surface area contributed by atoms with Gasteiger partial charge in [-0.05, 0) is 38.7 Å². The van der Waals surface area contributed by atoms with Gasteiger partial charge in [-0.15, -0.1) is 0 Å². The van der Waals surface area contributed by atoms with Gasteiger partial charge in [-0.25, -0.2) is 0 Å². The number of anilines is 1. The topological polar surface area (TPSA) is 66.6 Å². The normalized spacial score (nSPS) is 28.8. The van der Waals surface area contributed by atoms with E-state index in [1.165, 1.54) is 6.07 Å². The lowest BCUT2D eigenvalue weighted by molar-refractivity contribution is -0.385. The maximum atomic E-state index is 10.9. The summed E-state index contributed by atoms with van der Waals surface area (Å²) < 4.78 is 0. The van der Waals surface area contributed by atoms with Crippen molar-refractivity contribution in [2.75, 3.05) is 4.90 Å². The first kappa shape index (κ1) is 13.6. The molecule has 6 heteroatoms. The molecule has 2 bridgehead atoms. The average molecular weight is 297 g/mol. The monoisotopic (exact) mass is 296 g/mol. The number of halogens is 1. The van der Waals surface area contributed by atoms with E-state index in [1.807, 2.05) is 0 Å². The molecule has 2 heterocycles. The van der Waals surface area contributed by atoms with Crippen LogP contribution in [0.4, 0.5) is 11.4 Å². The number of hydrogen-bond acceptors (Lipinski definition) is 4. The Morgan fingerprint density at radius 3 is 2.50 bits per heavy atom. The minimum absolute atomic E-state index is 0.0585. The lowest BCUT2D eigenvalue weighted by Crippen LogP contribution is -2.45. The van der Waals surface area contributed by atoms with Gasteiger partial charge >= 0.3 is 0 Å². The Bertz CT molecular complexity index is 550. The minimum Gasteiger partial charge on any atom is -0.393 e. The Kier molecular flexibility index (Phi) is 3.34. The molecule has 20 heavy (non-hydrogen) atoms. The van der Waals surface area contributed by atoms with Crippen molar-refractivity contribution in [2.24, 2.45) is 0 Å². The van der Waals surface area contributed by atoms with Crippen molar-refractivity contribution in [1.82, 2.24) is 0 Å². The predicted molar refractivity (Wildman–Crippen MR) is 77.4 cm³/mol. The van der Waals surface area contributed by atoms with Crippen molar-refractivity contribution < 1.29 is 10.0 Å². The molecule has 0 radical (unpaired) electrons. The van der Waals surface area contributed by atoms with Crippen molar-refractivity contribution >= 4 is 23.0 Å². The summed E-state index contributed by atoms with van der Waals surface area (Å²) in [4.78, 5) is 12.8. The van der Waals surface area contributed by atoms with E-state index < -0.39 is 4.92 Å². The van der Waals surface area contributed by atoms with E-state index in [2.05, 4.69) is 4.90 Å².